The molecule has 0 saturated carbocycles. The van der Waals surface area contributed by atoms with Crippen LogP contribution in [-0.4, -0.2) is 46.0 Å². The summed E-state index contributed by atoms with van der Waals surface area (Å²) in [4.78, 5) is 4.36. The molecule has 0 saturated heterocycles. The Labute approximate surface area is 196 Å². The lowest BCUT2D eigenvalue weighted by molar-refractivity contribution is 0.291. The van der Waals surface area contributed by atoms with Gasteiger partial charge in [-0.15, -0.1) is 0 Å². The van der Waals surface area contributed by atoms with Gasteiger partial charge in [-0.2, -0.15) is 5.26 Å². The molecule has 1 rings (SSSR count). The molecule has 6 nitrogen and oxygen atoms in total. The van der Waals surface area contributed by atoms with E-state index in [0.717, 1.165) is 18.1 Å². The Balaban J connectivity index is 3.69. The standard InChI is InChI=1S/C21H36BrFN4O2SSi/c1-7-31(8-2,9-3)16-13-17(22)27-19(18(16)23)21(6,25)15-30(29,20(4,5)14-24)26-11-10-12-28/h13,28H,7-12,15,25H2,1-6H3/t21?,30-/m0/s1. The SMILES string of the molecule is CC[Si](CC)(CC)c1cc(Br)nc(C(C)(N)C[S@@](=O)(=NCCCO)C(C)(C)C#N)c1F. The van der Waals surface area contributed by atoms with Gasteiger partial charge in [0.15, 0.2) is 0 Å². The van der Waals surface area contributed by atoms with Crippen molar-refractivity contribution in [3.05, 3.63) is 22.2 Å². The maximum atomic E-state index is 15.9. The molecule has 1 aromatic heterocycles. The minimum atomic E-state index is -3.17. The molecule has 0 aliphatic carbocycles. The predicted molar refractivity (Wildman–Crippen MR) is 132 cm³/mol. The summed E-state index contributed by atoms with van der Waals surface area (Å²) in [6, 6.07) is 6.51. The van der Waals surface area contributed by atoms with E-state index in [2.05, 4.69) is 52.1 Å². The fourth-order valence-corrected chi connectivity index (χ4v) is 10.4. The van der Waals surface area contributed by atoms with Gasteiger partial charge >= 0.3 is 0 Å². The van der Waals surface area contributed by atoms with Crippen LogP contribution in [0.15, 0.2) is 15.0 Å². The Morgan fingerprint density at radius 3 is 2.32 bits per heavy atom. The highest BCUT2D eigenvalue weighted by Crippen LogP contribution is 2.31. The van der Waals surface area contributed by atoms with Gasteiger partial charge in [0, 0.05) is 6.61 Å². The number of aliphatic hydroxyl groups excluding tert-OH is 1. The van der Waals surface area contributed by atoms with Gasteiger partial charge in [-0.25, -0.2) is 17.9 Å². The van der Waals surface area contributed by atoms with E-state index in [1.165, 1.54) is 0 Å². The monoisotopic (exact) mass is 534 g/mol. The minimum absolute atomic E-state index is 0.0444. The van der Waals surface area contributed by atoms with Crippen LogP contribution in [0, 0.1) is 17.1 Å². The molecule has 1 heterocycles. The van der Waals surface area contributed by atoms with Gasteiger partial charge in [-0.1, -0.05) is 38.9 Å². The Morgan fingerprint density at radius 1 is 1.32 bits per heavy atom. The van der Waals surface area contributed by atoms with Crippen LogP contribution >= 0.6 is 15.9 Å². The molecule has 10 heteroatoms. The molecule has 31 heavy (non-hydrogen) atoms. The number of nitrogens with zero attached hydrogens (tertiary/aromatic N) is 3. The second-order valence-corrected chi connectivity index (χ2v) is 17.6. The zero-order valence-electron chi connectivity index (χ0n) is 19.5. The van der Waals surface area contributed by atoms with E-state index in [-0.39, 0.29) is 24.6 Å². The first kappa shape index (κ1) is 28.2. The molecule has 176 valence electrons. The number of nitrogens with two attached hydrogens (primary N) is 1. The number of nitriles is 1. The predicted octanol–water partition coefficient (Wildman–Crippen LogP) is 4.03. The summed E-state index contributed by atoms with van der Waals surface area (Å²) in [5.74, 6) is -0.651. The quantitative estimate of drug-likeness (QED) is 0.253. The van der Waals surface area contributed by atoms with Crippen molar-refractivity contribution in [1.82, 2.24) is 4.98 Å². The van der Waals surface area contributed by atoms with Crippen molar-refractivity contribution in [3.8, 4) is 6.07 Å². The van der Waals surface area contributed by atoms with Crippen molar-refractivity contribution in [1.29, 1.82) is 5.26 Å². The van der Waals surface area contributed by atoms with E-state index in [0.29, 0.717) is 16.2 Å². The molecule has 1 aromatic rings. The highest BCUT2D eigenvalue weighted by atomic mass is 79.9. The van der Waals surface area contributed by atoms with Crippen LogP contribution in [0.3, 0.4) is 0 Å². The number of aromatic nitrogens is 1. The fraction of sp³-hybridized carbons (Fsp3) is 0.714. The molecule has 0 aliphatic rings. The zero-order chi connectivity index (χ0) is 24.1. The van der Waals surface area contributed by atoms with Crippen LogP contribution in [0.5, 0.6) is 0 Å². The van der Waals surface area contributed by atoms with Crippen LogP contribution in [-0.2, 0) is 15.3 Å². The second kappa shape index (κ2) is 10.8. The third-order valence-electron chi connectivity index (χ3n) is 6.25. The normalized spacial score (nSPS) is 16.3. The summed E-state index contributed by atoms with van der Waals surface area (Å²) >= 11 is 3.42. The maximum absolute atomic E-state index is 15.9. The first-order chi connectivity index (χ1) is 14.3. The van der Waals surface area contributed by atoms with Crippen LogP contribution in [0.25, 0.3) is 0 Å². The summed E-state index contributed by atoms with van der Waals surface area (Å²) in [5.41, 5.74) is 5.21. The summed E-state index contributed by atoms with van der Waals surface area (Å²) in [7, 11) is -5.26. The Bertz CT molecular complexity index is 928. The molecule has 2 atom stereocenters. The highest BCUT2D eigenvalue weighted by molar-refractivity contribution is 9.10. The first-order valence-corrected chi connectivity index (χ1v) is 15.8. The largest absolute Gasteiger partial charge is 0.396 e. The van der Waals surface area contributed by atoms with Crippen molar-refractivity contribution in [2.24, 2.45) is 10.1 Å². The number of hydrogen-bond donors (Lipinski definition) is 2. The molecule has 0 aromatic carbocycles. The number of halogens is 2. The fourth-order valence-electron chi connectivity index (χ4n) is 3.80. The summed E-state index contributed by atoms with van der Waals surface area (Å²) in [5, 5.41) is 19.4. The topological polar surface area (TPSA) is 112 Å². The third kappa shape index (κ3) is 5.93. The van der Waals surface area contributed by atoms with Crippen molar-refractivity contribution in [2.45, 2.75) is 76.4 Å². The molecular formula is C21H36BrFN4O2SSi. The van der Waals surface area contributed by atoms with Crippen molar-refractivity contribution < 1.29 is 13.7 Å². The molecule has 0 spiro atoms. The Hall–Kier alpha value is -0.863. The van der Waals surface area contributed by atoms with Gasteiger partial charge < -0.3 is 10.8 Å². The number of hydrogen-bond acceptors (Lipinski definition) is 6. The summed E-state index contributed by atoms with van der Waals surface area (Å²) in [6.07, 6.45) is 0.324. The molecule has 0 amide bonds. The van der Waals surface area contributed by atoms with Crippen molar-refractivity contribution in [2.75, 3.05) is 18.9 Å². The van der Waals surface area contributed by atoms with E-state index >= 15 is 4.39 Å². The summed E-state index contributed by atoms with van der Waals surface area (Å²) < 4.78 is 33.2. The Kier molecular flexibility index (Phi) is 9.85. The average molecular weight is 536 g/mol. The van der Waals surface area contributed by atoms with Gasteiger partial charge in [0.2, 0.25) is 0 Å². The van der Waals surface area contributed by atoms with Crippen molar-refractivity contribution >= 4 is 38.9 Å². The lowest BCUT2D eigenvalue weighted by Crippen LogP contribution is -2.51. The van der Waals surface area contributed by atoms with Gasteiger partial charge in [-0.05, 0) is 54.4 Å². The van der Waals surface area contributed by atoms with Gasteiger partial charge in [-0.3, -0.25) is 0 Å². The molecular weight excluding hydrogens is 499 g/mol. The zero-order valence-corrected chi connectivity index (χ0v) is 22.9. The molecule has 1 unspecified atom stereocenters. The van der Waals surface area contributed by atoms with Gasteiger partial charge in [0.05, 0.1) is 47.4 Å². The van der Waals surface area contributed by atoms with Crippen molar-refractivity contribution in [3.63, 3.8) is 0 Å². The van der Waals surface area contributed by atoms with Gasteiger partial charge in [0.1, 0.15) is 15.2 Å². The average Bonchev–Trinajstić information content (AvgIpc) is 2.71. The minimum Gasteiger partial charge on any atom is -0.396 e. The van der Waals surface area contributed by atoms with E-state index in [4.69, 9.17) is 10.8 Å². The van der Waals surface area contributed by atoms with Gasteiger partial charge in [0.25, 0.3) is 0 Å². The lowest BCUT2D eigenvalue weighted by Gasteiger charge is -2.34. The van der Waals surface area contributed by atoms with Crippen LogP contribution in [0.2, 0.25) is 18.1 Å². The molecule has 0 fully saturated rings. The van der Waals surface area contributed by atoms with E-state index in [1.807, 2.05) is 0 Å². The highest BCUT2D eigenvalue weighted by Gasteiger charge is 2.42. The first-order valence-electron chi connectivity index (χ1n) is 10.7. The van der Waals surface area contributed by atoms with Crippen LogP contribution in [0.4, 0.5) is 4.39 Å². The third-order valence-corrected chi connectivity index (χ3v) is 15.5. The summed E-state index contributed by atoms with van der Waals surface area (Å²) in [6.45, 7) is 11.0. The van der Waals surface area contributed by atoms with E-state index in [1.54, 1.807) is 26.8 Å². The van der Waals surface area contributed by atoms with Crippen LogP contribution < -0.4 is 10.9 Å². The Morgan fingerprint density at radius 2 is 1.87 bits per heavy atom. The molecule has 0 aliphatic heterocycles. The smallest absolute Gasteiger partial charge is 0.145 e. The molecule has 0 bridgehead atoms. The maximum Gasteiger partial charge on any atom is 0.145 e. The number of pyridine rings is 1. The second-order valence-electron chi connectivity index (χ2n) is 8.75. The number of aliphatic hydroxyl groups is 1. The lowest BCUT2D eigenvalue weighted by atomic mass is 10.0. The molecule has 0 radical (unpaired) electrons. The van der Waals surface area contributed by atoms with E-state index in [9.17, 15) is 9.47 Å². The molecule has 3 N–H and O–H groups in total. The number of rotatable bonds is 11. The van der Waals surface area contributed by atoms with E-state index < -0.39 is 33.9 Å². The van der Waals surface area contributed by atoms with Crippen LogP contribution in [0.1, 0.15) is 53.7 Å².